The number of esters is 1. The van der Waals surface area contributed by atoms with E-state index in [-0.39, 0.29) is 12.3 Å². The molecule has 7 nitrogen and oxygen atoms in total. The van der Waals surface area contributed by atoms with Crippen LogP contribution in [-0.2, 0) is 25.5 Å². The zero-order valence-corrected chi connectivity index (χ0v) is 12.5. The lowest BCUT2D eigenvalue weighted by molar-refractivity contribution is -0.151. The van der Waals surface area contributed by atoms with Crippen molar-refractivity contribution in [3.05, 3.63) is 10.6 Å². The highest BCUT2D eigenvalue weighted by Gasteiger charge is 2.41. The number of carboxylic acids is 1. The first kappa shape index (κ1) is 15.4. The van der Waals surface area contributed by atoms with E-state index in [0.717, 1.165) is 4.88 Å². The van der Waals surface area contributed by atoms with Gasteiger partial charge in [-0.05, 0) is 19.8 Å². The Labute approximate surface area is 125 Å². The second kappa shape index (κ2) is 6.21. The third-order valence-electron chi connectivity index (χ3n) is 3.59. The van der Waals surface area contributed by atoms with E-state index in [1.165, 1.54) is 18.4 Å². The summed E-state index contributed by atoms with van der Waals surface area (Å²) in [6, 6.07) is 0. The molecule has 1 fully saturated rings. The number of carbonyl (C=O) groups excluding carboxylic acids is 2. The van der Waals surface area contributed by atoms with E-state index < -0.39 is 23.8 Å². The molecule has 2 rings (SSSR count). The topological polar surface area (TPSA) is 106 Å². The van der Waals surface area contributed by atoms with Crippen LogP contribution in [0, 0.1) is 18.8 Å². The summed E-state index contributed by atoms with van der Waals surface area (Å²) in [5, 5.41) is 12.0. The molecule has 0 saturated heterocycles. The van der Waals surface area contributed by atoms with Crippen LogP contribution in [0.25, 0.3) is 0 Å². The van der Waals surface area contributed by atoms with Gasteiger partial charge in [0.1, 0.15) is 0 Å². The Morgan fingerprint density at radius 3 is 2.57 bits per heavy atom. The number of aryl methyl sites for hydroxylation is 1. The minimum atomic E-state index is -0.942. The minimum Gasteiger partial charge on any atom is -0.481 e. The van der Waals surface area contributed by atoms with Gasteiger partial charge in [0.15, 0.2) is 5.13 Å². The van der Waals surface area contributed by atoms with Gasteiger partial charge in [0.05, 0.1) is 31.1 Å². The smallest absolute Gasteiger partial charge is 0.311 e. The third-order valence-corrected chi connectivity index (χ3v) is 4.52. The highest BCUT2D eigenvalue weighted by atomic mass is 32.1. The monoisotopic (exact) mass is 312 g/mol. The molecule has 114 valence electrons. The number of nitrogens with one attached hydrogen (secondary N) is 1. The molecule has 2 atom stereocenters. The average Bonchev–Trinajstić information content (AvgIpc) is 2.66. The number of thiazole rings is 1. The molecular formula is C13H16N2O5S. The number of hydrogen-bond acceptors (Lipinski definition) is 6. The molecule has 1 heterocycles. The van der Waals surface area contributed by atoms with Gasteiger partial charge in [-0.2, -0.15) is 0 Å². The van der Waals surface area contributed by atoms with Crippen LogP contribution >= 0.6 is 11.3 Å². The molecule has 1 aliphatic rings. The Kier molecular flexibility index (Phi) is 4.56. The number of carboxylic acid groups (broad SMARTS) is 1. The predicted octanol–water partition coefficient (Wildman–Crippen LogP) is 1.22. The van der Waals surface area contributed by atoms with Crippen molar-refractivity contribution in [3.8, 4) is 0 Å². The van der Waals surface area contributed by atoms with Gasteiger partial charge in [-0.3, -0.25) is 14.4 Å². The summed E-state index contributed by atoms with van der Waals surface area (Å²) in [4.78, 5) is 39.2. The van der Waals surface area contributed by atoms with E-state index in [2.05, 4.69) is 15.0 Å². The third kappa shape index (κ3) is 3.38. The van der Waals surface area contributed by atoms with Crippen LogP contribution in [-0.4, -0.2) is 35.0 Å². The van der Waals surface area contributed by atoms with Crippen LogP contribution in [0.4, 0.5) is 5.13 Å². The molecule has 0 aromatic carbocycles. The molecule has 0 aliphatic heterocycles. The van der Waals surface area contributed by atoms with Gasteiger partial charge in [-0.25, -0.2) is 4.98 Å². The number of anilines is 1. The number of amides is 1. The van der Waals surface area contributed by atoms with Crippen molar-refractivity contribution in [1.82, 2.24) is 4.98 Å². The largest absolute Gasteiger partial charge is 0.481 e. The molecule has 0 radical (unpaired) electrons. The first-order chi connectivity index (χ1) is 9.92. The van der Waals surface area contributed by atoms with Crippen LogP contribution in [0.1, 0.15) is 23.4 Å². The van der Waals surface area contributed by atoms with Gasteiger partial charge in [-0.15, -0.1) is 11.3 Å². The SMILES string of the molecule is COC(=O)Cc1nc(NC(=O)[C@H]2CC[C@H]2C(=O)O)sc1C. The molecule has 0 unspecified atom stereocenters. The number of hydrogen-bond donors (Lipinski definition) is 2. The maximum atomic E-state index is 12.0. The van der Waals surface area contributed by atoms with Gasteiger partial charge in [-0.1, -0.05) is 0 Å². The van der Waals surface area contributed by atoms with E-state index in [1.807, 2.05) is 0 Å². The quantitative estimate of drug-likeness (QED) is 0.792. The average molecular weight is 312 g/mol. The Hall–Kier alpha value is -1.96. The number of nitrogens with zero attached hydrogens (tertiary/aromatic N) is 1. The number of carbonyl (C=O) groups is 3. The molecule has 1 aromatic rings. The lowest BCUT2D eigenvalue weighted by Crippen LogP contribution is -2.41. The zero-order valence-electron chi connectivity index (χ0n) is 11.7. The molecule has 1 amide bonds. The molecular weight excluding hydrogens is 296 g/mol. The van der Waals surface area contributed by atoms with E-state index >= 15 is 0 Å². The fraction of sp³-hybridized carbons (Fsp3) is 0.538. The van der Waals surface area contributed by atoms with Gasteiger partial charge in [0.2, 0.25) is 5.91 Å². The van der Waals surface area contributed by atoms with E-state index in [0.29, 0.717) is 23.7 Å². The van der Waals surface area contributed by atoms with Gasteiger partial charge < -0.3 is 15.2 Å². The van der Waals surface area contributed by atoms with Crippen LogP contribution in [0.5, 0.6) is 0 Å². The fourth-order valence-corrected chi connectivity index (χ4v) is 2.99. The predicted molar refractivity (Wildman–Crippen MR) is 75.1 cm³/mol. The zero-order chi connectivity index (χ0) is 15.6. The normalized spacial score (nSPS) is 20.5. The fourth-order valence-electron chi connectivity index (χ4n) is 2.16. The van der Waals surface area contributed by atoms with Crippen molar-refractivity contribution < 1.29 is 24.2 Å². The second-order valence-electron chi connectivity index (χ2n) is 4.89. The van der Waals surface area contributed by atoms with Crippen molar-refractivity contribution in [2.75, 3.05) is 12.4 Å². The molecule has 1 aromatic heterocycles. The van der Waals surface area contributed by atoms with Crippen molar-refractivity contribution >= 4 is 34.3 Å². The Morgan fingerprint density at radius 2 is 2.05 bits per heavy atom. The standard InChI is InChI=1S/C13H16N2O5S/c1-6-9(5-10(16)20-2)14-13(21-6)15-11(17)7-3-4-8(7)12(18)19/h7-8H,3-5H2,1-2H3,(H,18,19)(H,14,15,17)/t7-,8+/m0/s1. The van der Waals surface area contributed by atoms with Gasteiger partial charge in [0, 0.05) is 4.88 Å². The maximum Gasteiger partial charge on any atom is 0.311 e. The molecule has 0 bridgehead atoms. The molecule has 1 saturated carbocycles. The summed E-state index contributed by atoms with van der Waals surface area (Å²) >= 11 is 1.26. The molecule has 1 aliphatic carbocycles. The number of aromatic nitrogens is 1. The van der Waals surface area contributed by atoms with Crippen LogP contribution in [0.15, 0.2) is 0 Å². The molecule has 21 heavy (non-hydrogen) atoms. The van der Waals surface area contributed by atoms with Gasteiger partial charge in [0.25, 0.3) is 0 Å². The summed E-state index contributed by atoms with van der Waals surface area (Å²) in [5.74, 6) is -2.78. The number of rotatable bonds is 5. The summed E-state index contributed by atoms with van der Waals surface area (Å²) < 4.78 is 4.58. The first-order valence-corrected chi connectivity index (χ1v) is 7.30. The second-order valence-corrected chi connectivity index (χ2v) is 6.10. The van der Waals surface area contributed by atoms with E-state index in [4.69, 9.17) is 5.11 Å². The minimum absolute atomic E-state index is 0.0515. The summed E-state index contributed by atoms with van der Waals surface area (Å²) in [7, 11) is 1.30. The van der Waals surface area contributed by atoms with Crippen molar-refractivity contribution in [2.24, 2.45) is 11.8 Å². The van der Waals surface area contributed by atoms with E-state index in [9.17, 15) is 14.4 Å². The Bertz CT molecular complexity index is 583. The Balaban J connectivity index is 2.00. The maximum absolute atomic E-state index is 12.0. The number of methoxy groups -OCH3 is 1. The van der Waals surface area contributed by atoms with Crippen molar-refractivity contribution in [1.29, 1.82) is 0 Å². The summed E-state index contributed by atoms with van der Waals surface area (Å²) in [6.45, 7) is 1.80. The Morgan fingerprint density at radius 1 is 1.38 bits per heavy atom. The molecule has 0 spiro atoms. The lowest BCUT2D eigenvalue weighted by atomic mass is 9.73. The number of aliphatic carboxylic acids is 1. The molecule has 2 N–H and O–H groups in total. The van der Waals surface area contributed by atoms with E-state index in [1.54, 1.807) is 6.92 Å². The summed E-state index contributed by atoms with van der Waals surface area (Å²) in [6.07, 6.45) is 1.15. The van der Waals surface area contributed by atoms with Crippen LogP contribution in [0.2, 0.25) is 0 Å². The lowest BCUT2D eigenvalue weighted by Gasteiger charge is -2.31. The van der Waals surface area contributed by atoms with Crippen LogP contribution < -0.4 is 5.32 Å². The highest BCUT2D eigenvalue weighted by Crippen LogP contribution is 2.35. The van der Waals surface area contributed by atoms with Crippen LogP contribution in [0.3, 0.4) is 0 Å². The number of ether oxygens (including phenoxy) is 1. The first-order valence-electron chi connectivity index (χ1n) is 6.49. The van der Waals surface area contributed by atoms with Crippen molar-refractivity contribution in [2.45, 2.75) is 26.2 Å². The van der Waals surface area contributed by atoms with Crippen molar-refractivity contribution in [3.63, 3.8) is 0 Å². The molecule has 8 heteroatoms. The van der Waals surface area contributed by atoms with Gasteiger partial charge >= 0.3 is 11.9 Å². The summed E-state index contributed by atoms with van der Waals surface area (Å²) in [5.41, 5.74) is 0.561. The highest BCUT2D eigenvalue weighted by molar-refractivity contribution is 7.15.